The largest absolute Gasteiger partial charge is 0.391 e. The van der Waals surface area contributed by atoms with Crippen molar-refractivity contribution in [3.63, 3.8) is 0 Å². The molecule has 0 saturated carbocycles. The molecule has 0 radical (unpaired) electrons. The van der Waals surface area contributed by atoms with Crippen LogP contribution in [-0.4, -0.2) is 34.3 Å². The fraction of sp³-hybridized carbons (Fsp3) is 0.286. The molecular weight excluding hydrogens is 320 g/mol. The molecule has 5 nitrogen and oxygen atoms in total. The van der Waals surface area contributed by atoms with Gasteiger partial charge in [-0.1, -0.05) is 15.9 Å². The summed E-state index contributed by atoms with van der Waals surface area (Å²) in [6.07, 6.45) is 2.08. The molecule has 0 aliphatic carbocycles. The van der Waals surface area contributed by atoms with E-state index in [0.717, 1.165) is 34.8 Å². The zero-order valence-corrected chi connectivity index (χ0v) is 12.4. The number of aliphatic hydroxyl groups is 1. The lowest BCUT2D eigenvalue weighted by Gasteiger charge is -2.17. The molecule has 3 rings (SSSR count). The summed E-state index contributed by atoms with van der Waals surface area (Å²) in [6, 6.07) is 9.81. The molecule has 0 bridgehead atoms. The number of nitrogens with one attached hydrogen (secondary N) is 1. The molecule has 2 heterocycles. The lowest BCUT2D eigenvalue weighted by molar-refractivity contribution is 0.198. The fourth-order valence-corrected chi connectivity index (χ4v) is 2.48. The lowest BCUT2D eigenvalue weighted by atomic mass is 10.3. The van der Waals surface area contributed by atoms with Gasteiger partial charge in [-0.15, -0.1) is 0 Å². The maximum Gasteiger partial charge on any atom is 0.135 e. The summed E-state index contributed by atoms with van der Waals surface area (Å²) in [7, 11) is 0. The Hall–Kier alpha value is -1.66. The van der Waals surface area contributed by atoms with Crippen molar-refractivity contribution in [1.29, 1.82) is 0 Å². The molecule has 6 heteroatoms. The van der Waals surface area contributed by atoms with Gasteiger partial charge in [0, 0.05) is 29.3 Å². The van der Waals surface area contributed by atoms with Gasteiger partial charge in [-0.2, -0.15) is 0 Å². The first-order valence-corrected chi connectivity index (χ1v) is 7.28. The van der Waals surface area contributed by atoms with Gasteiger partial charge < -0.3 is 15.3 Å². The van der Waals surface area contributed by atoms with E-state index in [-0.39, 0.29) is 6.10 Å². The Morgan fingerprint density at radius 3 is 2.75 bits per heavy atom. The number of rotatable bonds is 3. The Kier molecular flexibility index (Phi) is 3.84. The maximum atomic E-state index is 9.59. The van der Waals surface area contributed by atoms with Crippen molar-refractivity contribution in [3.8, 4) is 0 Å². The molecule has 1 aliphatic rings. The highest BCUT2D eigenvalue weighted by Crippen LogP contribution is 2.22. The monoisotopic (exact) mass is 334 g/mol. The molecule has 1 atom stereocenters. The first-order chi connectivity index (χ1) is 9.70. The molecule has 0 spiro atoms. The number of hydrogen-bond donors (Lipinski definition) is 2. The summed E-state index contributed by atoms with van der Waals surface area (Å²) in [6.45, 7) is 1.46. The highest BCUT2D eigenvalue weighted by Gasteiger charge is 2.21. The number of nitrogens with zero attached hydrogens (tertiary/aromatic N) is 3. The smallest absolute Gasteiger partial charge is 0.135 e. The molecule has 0 amide bonds. The molecule has 2 N–H and O–H groups in total. The van der Waals surface area contributed by atoms with E-state index >= 15 is 0 Å². The Morgan fingerprint density at radius 1 is 1.25 bits per heavy atom. The van der Waals surface area contributed by atoms with E-state index in [4.69, 9.17) is 0 Å². The van der Waals surface area contributed by atoms with E-state index in [0.29, 0.717) is 6.54 Å². The summed E-state index contributed by atoms with van der Waals surface area (Å²) in [5, 5.41) is 12.8. The van der Waals surface area contributed by atoms with Crippen molar-refractivity contribution in [1.82, 2.24) is 9.97 Å². The molecule has 1 aliphatic heterocycles. The molecule has 2 aromatic rings. The zero-order chi connectivity index (χ0) is 13.9. The summed E-state index contributed by atoms with van der Waals surface area (Å²) in [4.78, 5) is 10.6. The first kappa shape index (κ1) is 13.3. The molecule has 1 saturated heterocycles. The number of anilines is 3. The summed E-state index contributed by atoms with van der Waals surface area (Å²) >= 11 is 3.41. The summed E-state index contributed by atoms with van der Waals surface area (Å²) < 4.78 is 1.04. The average molecular weight is 335 g/mol. The SMILES string of the molecule is OC1CCN(c2cc(Nc3ccc(Br)cc3)ncn2)C1. The number of aromatic nitrogens is 2. The quantitative estimate of drug-likeness (QED) is 0.903. The van der Waals surface area contributed by atoms with Gasteiger partial charge in [0.1, 0.15) is 18.0 Å². The lowest BCUT2D eigenvalue weighted by Crippen LogP contribution is -2.22. The van der Waals surface area contributed by atoms with E-state index < -0.39 is 0 Å². The van der Waals surface area contributed by atoms with Crippen molar-refractivity contribution < 1.29 is 5.11 Å². The van der Waals surface area contributed by atoms with Gasteiger partial charge in [0.25, 0.3) is 0 Å². The van der Waals surface area contributed by atoms with E-state index in [2.05, 4.69) is 36.1 Å². The predicted octanol–water partition coefficient (Wildman–Crippen LogP) is 2.55. The van der Waals surface area contributed by atoms with Gasteiger partial charge in [0.2, 0.25) is 0 Å². The van der Waals surface area contributed by atoms with Crippen LogP contribution in [0.25, 0.3) is 0 Å². The summed E-state index contributed by atoms with van der Waals surface area (Å²) in [5.41, 5.74) is 0.972. The van der Waals surface area contributed by atoms with Crippen molar-refractivity contribution in [2.45, 2.75) is 12.5 Å². The second-order valence-corrected chi connectivity index (χ2v) is 5.70. The van der Waals surface area contributed by atoms with Crippen LogP contribution in [0.15, 0.2) is 41.1 Å². The van der Waals surface area contributed by atoms with E-state index in [1.165, 1.54) is 0 Å². The predicted molar refractivity (Wildman–Crippen MR) is 82.3 cm³/mol. The summed E-state index contributed by atoms with van der Waals surface area (Å²) in [5.74, 6) is 1.59. The highest BCUT2D eigenvalue weighted by molar-refractivity contribution is 9.10. The van der Waals surface area contributed by atoms with Crippen LogP contribution in [0, 0.1) is 0 Å². The zero-order valence-electron chi connectivity index (χ0n) is 10.8. The molecule has 1 aromatic carbocycles. The van der Waals surface area contributed by atoms with E-state index in [1.54, 1.807) is 6.33 Å². The van der Waals surface area contributed by atoms with Crippen LogP contribution in [-0.2, 0) is 0 Å². The van der Waals surface area contributed by atoms with Gasteiger partial charge in [-0.3, -0.25) is 0 Å². The van der Waals surface area contributed by atoms with Crippen LogP contribution < -0.4 is 10.2 Å². The highest BCUT2D eigenvalue weighted by atomic mass is 79.9. The number of hydrogen-bond acceptors (Lipinski definition) is 5. The van der Waals surface area contributed by atoms with Crippen LogP contribution in [0.3, 0.4) is 0 Å². The van der Waals surface area contributed by atoms with Crippen molar-refractivity contribution >= 4 is 33.3 Å². The van der Waals surface area contributed by atoms with Crippen molar-refractivity contribution in [2.75, 3.05) is 23.3 Å². The van der Waals surface area contributed by atoms with Crippen LogP contribution in [0.2, 0.25) is 0 Å². The second kappa shape index (κ2) is 5.76. The minimum atomic E-state index is -0.257. The van der Waals surface area contributed by atoms with Gasteiger partial charge in [-0.25, -0.2) is 9.97 Å². The van der Waals surface area contributed by atoms with Crippen molar-refractivity contribution in [2.24, 2.45) is 0 Å². The minimum Gasteiger partial charge on any atom is -0.391 e. The van der Waals surface area contributed by atoms with E-state index in [9.17, 15) is 5.11 Å². The third kappa shape index (κ3) is 3.08. The number of β-amino-alcohol motifs (C(OH)–C–C–N with tert-alkyl or cyclic N) is 1. The Labute approximate surface area is 125 Å². The van der Waals surface area contributed by atoms with Gasteiger partial charge >= 0.3 is 0 Å². The standard InChI is InChI=1S/C14H15BrN4O/c15-10-1-3-11(4-2-10)18-13-7-14(17-9-16-13)19-6-5-12(20)8-19/h1-4,7,9,12,20H,5-6,8H2,(H,16,17,18). The molecule has 104 valence electrons. The molecule has 1 unspecified atom stereocenters. The Bertz CT molecular complexity index is 590. The third-order valence-electron chi connectivity index (χ3n) is 3.26. The maximum absolute atomic E-state index is 9.59. The van der Waals surface area contributed by atoms with Crippen LogP contribution in [0.1, 0.15) is 6.42 Å². The minimum absolute atomic E-state index is 0.257. The number of halogens is 1. The Balaban J connectivity index is 1.75. The molecule has 1 fully saturated rings. The first-order valence-electron chi connectivity index (χ1n) is 6.48. The number of aliphatic hydroxyl groups excluding tert-OH is 1. The fourth-order valence-electron chi connectivity index (χ4n) is 2.22. The number of benzene rings is 1. The molecule has 20 heavy (non-hydrogen) atoms. The van der Waals surface area contributed by atoms with Crippen LogP contribution >= 0.6 is 15.9 Å². The Morgan fingerprint density at radius 2 is 2.05 bits per heavy atom. The van der Waals surface area contributed by atoms with Crippen molar-refractivity contribution in [3.05, 3.63) is 41.1 Å². The average Bonchev–Trinajstić information content (AvgIpc) is 2.89. The molecule has 1 aromatic heterocycles. The topological polar surface area (TPSA) is 61.3 Å². The van der Waals surface area contributed by atoms with Gasteiger partial charge in [0.05, 0.1) is 6.10 Å². The van der Waals surface area contributed by atoms with Gasteiger partial charge in [0.15, 0.2) is 0 Å². The van der Waals surface area contributed by atoms with Crippen LogP contribution in [0.5, 0.6) is 0 Å². The molecular formula is C14H15BrN4O. The third-order valence-corrected chi connectivity index (χ3v) is 3.79. The second-order valence-electron chi connectivity index (χ2n) is 4.78. The normalized spacial score (nSPS) is 18.3. The van der Waals surface area contributed by atoms with Crippen LogP contribution in [0.4, 0.5) is 17.3 Å². The van der Waals surface area contributed by atoms with E-state index in [1.807, 2.05) is 30.3 Å². The van der Waals surface area contributed by atoms with Gasteiger partial charge in [-0.05, 0) is 30.7 Å².